The number of esters is 1. The molecule has 0 aliphatic rings. The molecular formula is C19H21N3O6S. The average molecular weight is 419 g/mol. The normalized spacial score (nSPS) is 11.4. The standard InChI is InChI=1S/C19H21N3O6S/c1-11-17(20-8-13(18(11)27-4)9-28-12(2)23)10-29(24,25)19-21-15-6-5-14(26-3)7-16(15)22-19/h5-8H,9-10H2,1-4H3,(H,21,22). The highest BCUT2D eigenvalue weighted by molar-refractivity contribution is 7.90. The number of sulfone groups is 1. The molecule has 10 heteroatoms. The van der Waals surface area contributed by atoms with Crippen LogP contribution in [0.2, 0.25) is 0 Å². The lowest BCUT2D eigenvalue weighted by molar-refractivity contribution is -0.142. The van der Waals surface area contributed by atoms with Crippen LogP contribution in [0, 0.1) is 6.92 Å². The molecule has 0 fully saturated rings. The Morgan fingerprint density at radius 1 is 1.21 bits per heavy atom. The number of hydrogen-bond donors (Lipinski definition) is 1. The fraction of sp³-hybridized carbons (Fsp3) is 0.316. The van der Waals surface area contributed by atoms with E-state index in [2.05, 4.69) is 15.0 Å². The number of carbonyl (C=O) groups is 1. The smallest absolute Gasteiger partial charge is 0.302 e. The van der Waals surface area contributed by atoms with Crippen molar-refractivity contribution in [1.82, 2.24) is 15.0 Å². The van der Waals surface area contributed by atoms with Gasteiger partial charge in [-0.15, -0.1) is 0 Å². The van der Waals surface area contributed by atoms with Crippen molar-refractivity contribution in [3.8, 4) is 11.5 Å². The number of rotatable bonds is 7. The summed E-state index contributed by atoms with van der Waals surface area (Å²) in [5, 5.41) is -0.148. The van der Waals surface area contributed by atoms with E-state index in [1.54, 1.807) is 25.1 Å². The molecule has 0 atom stereocenters. The topological polar surface area (TPSA) is 120 Å². The first kappa shape index (κ1) is 20.6. The molecule has 0 radical (unpaired) electrons. The number of hydrogen-bond acceptors (Lipinski definition) is 8. The number of ether oxygens (including phenoxy) is 3. The minimum atomic E-state index is -3.79. The van der Waals surface area contributed by atoms with Crippen LogP contribution in [0.3, 0.4) is 0 Å². The summed E-state index contributed by atoms with van der Waals surface area (Å²) in [6, 6.07) is 5.07. The molecule has 2 aromatic heterocycles. The van der Waals surface area contributed by atoms with Crippen LogP contribution < -0.4 is 9.47 Å². The summed E-state index contributed by atoms with van der Waals surface area (Å²) in [7, 11) is -0.799. The number of aromatic amines is 1. The molecule has 29 heavy (non-hydrogen) atoms. The molecule has 3 rings (SSSR count). The Hall–Kier alpha value is -3.14. The van der Waals surface area contributed by atoms with E-state index >= 15 is 0 Å². The van der Waals surface area contributed by atoms with E-state index in [4.69, 9.17) is 14.2 Å². The molecule has 0 aliphatic carbocycles. The van der Waals surface area contributed by atoms with Crippen molar-refractivity contribution in [3.63, 3.8) is 0 Å². The molecule has 9 nitrogen and oxygen atoms in total. The van der Waals surface area contributed by atoms with Gasteiger partial charge < -0.3 is 19.2 Å². The third kappa shape index (κ3) is 4.32. The Balaban J connectivity index is 1.92. The van der Waals surface area contributed by atoms with Crippen LogP contribution in [-0.2, 0) is 31.7 Å². The number of nitrogens with zero attached hydrogens (tertiary/aromatic N) is 2. The third-order valence-corrected chi connectivity index (χ3v) is 5.80. The highest BCUT2D eigenvalue weighted by Crippen LogP contribution is 2.28. The molecule has 2 heterocycles. The fourth-order valence-corrected chi connectivity index (χ4v) is 4.17. The molecule has 1 aromatic carbocycles. The first-order valence-electron chi connectivity index (χ1n) is 8.66. The predicted molar refractivity (Wildman–Crippen MR) is 105 cm³/mol. The first-order valence-corrected chi connectivity index (χ1v) is 10.3. The maximum Gasteiger partial charge on any atom is 0.302 e. The lowest BCUT2D eigenvalue weighted by Crippen LogP contribution is -2.11. The van der Waals surface area contributed by atoms with E-state index in [1.165, 1.54) is 27.3 Å². The predicted octanol–water partition coefficient (Wildman–Crippen LogP) is 2.32. The molecule has 0 unspecified atom stereocenters. The summed E-state index contributed by atoms with van der Waals surface area (Å²) < 4.78 is 41.3. The second-order valence-corrected chi connectivity index (χ2v) is 8.26. The van der Waals surface area contributed by atoms with Gasteiger partial charge in [0.05, 0.1) is 36.5 Å². The Labute approximate surface area is 168 Å². The van der Waals surface area contributed by atoms with E-state index in [0.29, 0.717) is 39.4 Å². The molecule has 0 saturated carbocycles. The van der Waals surface area contributed by atoms with Crippen LogP contribution in [0.25, 0.3) is 11.0 Å². The highest BCUT2D eigenvalue weighted by Gasteiger charge is 2.24. The van der Waals surface area contributed by atoms with Gasteiger partial charge in [-0.25, -0.2) is 13.4 Å². The van der Waals surface area contributed by atoms with Crippen molar-refractivity contribution >= 4 is 26.8 Å². The molecular weight excluding hydrogens is 398 g/mol. The van der Waals surface area contributed by atoms with Gasteiger partial charge in [0.2, 0.25) is 15.0 Å². The molecule has 0 spiro atoms. The van der Waals surface area contributed by atoms with Crippen LogP contribution in [0.1, 0.15) is 23.7 Å². The van der Waals surface area contributed by atoms with Crippen molar-refractivity contribution < 1.29 is 27.4 Å². The number of benzene rings is 1. The largest absolute Gasteiger partial charge is 0.497 e. The molecule has 0 aliphatic heterocycles. The summed E-state index contributed by atoms with van der Waals surface area (Å²) in [4.78, 5) is 22.3. The molecule has 0 saturated heterocycles. The Morgan fingerprint density at radius 3 is 2.62 bits per heavy atom. The van der Waals surface area contributed by atoms with E-state index in [0.717, 1.165) is 0 Å². The van der Waals surface area contributed by atoms with E-state index in [-0.39, 0.29) is 17.5 Å². The van der Waals surface area contributed by atoms with Gasteiger partial charge in [0.25, 0.3) is 0 Å². The Morgan fingerprint density at radius 2 is 1.97 bits per heavy atom. The van der Waals surface area contributed by atoms with Crippen molar-refractivity contribution in [2.45, 2.75) is 31.4 Å². The first-order chi connectivity index (χ1) is 13.7. The molecule has 3 aromatic rings. The van der Waals surface area contributed by atoms with Gasteiger partial charge in [-0.2, -0.15) is 0 Å². The summed E-state index contributed by atoms with van der Waals surface area (Å²) >= 11 is 0. The lowest BCUT2D eigenvalue weighted by atomic mass is 10.1. The van der Waals surface area contributed by atoms with Crippen LogP contribution in [0.4, 0.5) is 0 Å². The maximum atomic E-state index is 12.9. The molecule has 0 amide bonds. The Kier molecular flexibility index (Phi) is 5.73. The second-order valence-electron chi connectivity index (χ2n) is 6.35. The number of imidazole rings is 1. The summed E-state index contributed by atoms with van der Waals surface area (Å²) in [6.07, 6.45) is 1.45. The lowest BCUT2D eigenvalue weighted by Gasteiger charge is -2.14. The van der Waals surface area contributed by atoms with E-state index in [1.807, 2.05) is 0 Å². The van der Waals surface area contributed by atoms with Gasteiger partial charge in [-0.1, -0.05) is 0 Å². The van der Waals surface area contributed by atoms with Crippen molar-refractivity contribution in [2.75, 3.05) is 14.2 Å². The van der Waals surface area contributed by atoms with Gasteiger partial charge in [0.15, 0.2) is 0 Å². The van der Waals surface area contributed by atoms with Crippen molar-refractivity contribution in [3.05, 3.63) is 41.2 Å². The number of methoxy groups -OCH3 is 2. The number of nitrogens with one attached hydrogen (secondary N) is 1. The van der Waals surface area contributed by atoms with Crippen molar-refractivity contribution in [2.24, 2.45) is 0 Å². The monoisotopic (exact) mass is 419 g/mol. The van der Waals surface area contributed by atoms with Gasteiger partial charge >= 0.3 is 5.97 Å². The van der Waals surface area contributed by atoms with Gasteiger partial charge in [-0.05, 0) is 19.1 Å². The van der Waals surface area contributed by atoms with Crippen LogP contribution >= 0.6 is 0 Å². The number of fused-ring (bicyclic) bond motifs is 1. The fourth-order valence-electron chi connectivity index (χ4n) is 2.88. The van der Waals surface area contributed by atoms with E-state index in [9.17, 15) is 13.2 Å². The average Bonchev–Trinajstić information content (AvgIpc) is 3.12. The summed E-state index contributed by atoms with van der Waals surface area (Å²) in [5.41, 5.74) is 2.51. The van der Waals surface area contributed by atoms with Crippen molar-refractivity contribution in [1.29, 1.82) is 0 Å². The number of aromatic nitrogens is 3. The highest BCUT2D eigenvalue weighted by atomic mass is 32.2. The SMILES string of the molecule is COc1ccc2nc(S(=O)(=O)Cc3ncc(COC(C)=O)c(OC)c3C)[nH]c2c1. The minimum Gasteiger partial charge on any atom is -0.497 e. The maximum absolute atomic E-state index is 12.9. The zero-order valence-corrected chi connectivity index (χ0v) is 17.3. The van der Waals surface area contributed by atoms with Gasteiger partial charge in [0.1, 0.15) is 23.9 Å². The van der Waals surface area contributed by atoms with Crippen LogP contribution in [-0.4, -0.2) is 43.6 Å². The van der Waals surface area contributed by atoms with Crippen LogP contribution in [0.15, 0.2) is 29.6 Å². The molecule has 154 valence electrons. The number of pyridine rings is 1. The number of carbonyl (C=O) groups excluding carboxylic acids is 1. The zero-order chi connectivity index (χ0) is 21.2. The number of H-pyrrole nitrogens is 1. The Bertz CT molecular complexity index is 1170. The molecule has 1 N–H and O–H groups in total. The van der Waals surface area contributed by atoms with Gasteiger partial charge in [0, 0.05) is 24.8 Å². The molecule has 0 bridgehead atoms. The quantitative estimate of drug-likeness (QED) is 0.579. The van der Waals surface area contributed by atoms with Crippen LogP contribution in [0.5, 0.6) is 11.5 Å². The summed E-state index contributed by atoms with van der Waals surface area (Å²) in [5.74, 6) is 0.231. The van der Waals surface area contributed by atoms with E-state index < -0.39 is 15.8 Å². The summed E-state index contributed by atoms with van der Waals surface area (Å²) in [6.45, 7) is 3.00. The second kappa shape index (κ2) is 8.08. The minimum absolute atomic E-state index is 0.00914. The zero-order valence-electron chi connectivity index (χ0n) is 16.5. The third-order valence-electron chi connectivity index (χ3n) is 4.37. The van der Waals surface area contributed by atoms with Gasteiger partial charge in [-0.3, -0.25) is 9.78 Å².